The number of anilines is 1. The van der Waals surface area contributed by atoms with Crippen LogP contribution in [0.3, 0.4) is 0 Å². The Morgan fingerprint density at radius 1 is 1.03 bits per heavy atom. The zero-order chi connectivity index (χ0) is 25.2. The van der Waals surface area contributed by atoms with Crippen LogP contribution < -0.4 is 4.90 Å². The summed E-state index contributed by atoms with van der Waals surface area (Å²) >= 11 is 0. The molecule has 2 heterocycles. The van der Waals surface area contributed by atoms with Gasteiger partial charge in [0.05, 0.1) is 0 Å². The van der Waals surface area contributed by atoms with E-state index in [-0.39, 0.29) is 35.6 Å². The van der Waals surface area contributed by atoms with Crippen molar-refractivity contribution in [2.45, 2.75) is 38.5 Å². The Balaban J connectivity index is 1.47. The van der Waals surface area contributed by atoms with Crippen molar-refractivity contribution in [3.05, 3.63) is 76.7 Å². The van der Waals surface area contributed by atoms with E-state index in [2.05, 4.69) is 5.16 Å². The van der Waals surface area contributed by atoms with E-state index in [4.69, 9.17) is 4.52 Å². The Morgan fingerprint density at radius 3 is 2.37 bits per heavy atom. The summed E-state index contributed by atoms with van der Waals surface area (Å²) in [6, 6.07) is 15.7. The van der Waals surface area contributed by atoms with Crippen LogP contribution >= 0.6 is 0 Å². The summed E-state index contributed by atoms with van der Waals surface area (Å²) in [6.07, 6.45) is 4.38. The maximum absolute atomic E-state index is 13.5. The highest BCUT2D eigenvalue weighted by molar-refractivity contribution is 7.89. The minimum atomic E-state index is -3.82. The average Bonchev–Trinajstić information content (AvgIpc) is 3.24. The van der Waals surface area contributed by atoms with Crippen LogP contribution in [-0.4, -0.2) is 43.9 Å². The summed E-state index contributed by atoms with van der Waals surface area (Å²) in [5.41, 5.74) is 4.33. The maximum atomic E-state index is 13.5. The monoisotopic (exact) mass is 493 g/mol. The van der Waals surface area contributed by atoms with Crippen molar-refractivity contribution < 1.29 is 17.7 Å². The summed E-state index contributed by atoms with van der Waals surface area (Å²) in [5, 5.41) is 3.92. The number of benzene rings is 2. The minimum Gasteiger partial charge on any atom is -0.355 e. The summed E-state index contributed by atoms with van der Waals surface area (Å²) in [6.45, 7) is 6.17. The second-order valence-corrected chi connectivity index (χ2v) is 11.0. The van der Waals surface area contributed by atoms with Crippen LogP contribution in [0.15, 0.2) is 57.9 Å². The number of sulfonamides is 1. The molecule has 2 aromatic carbocycles. The fraction of sp³-hybridized carbons (Fsp3) is 0.333. The molecule has 1 amide bonds. The van der Waals surface area contributed by atoms with E-state index in [0.717, 1.165) is 22.4 Å². The van der Waals surface area contributed by atoms with Crippen LogP contribution in [0, 0.1) is 26.7 Å². The molecule has 1 saturated heterocycles. The molecule has 184 valence electrons. The molecule has 1 aliphatic rings. The van der Waals surface area contributed by atoms with E-state index in [9.17, 15) is 13.2 Å². The first-order valence-corrected chi connectivity index (χ1v) is 13.2. The second kappa shape index (κ2) is 10.2. The average molecular weight is 494 g/mol. The fourth-order valence-corrected chi connectivity index (χ4v) is 6.08. The van der Waals surface area contributed by atoms with Crippen LogP contribution in [0.1, 0.15) is 41.0 Å². The van der Waals surface area contributed by atoms with Gasteiger partial charge in [-0.2, -0.15) is 4.31 Å². The number of carbonyl (C=O) groups is 1. The van der Waals surface area contributed by atoms with Crippen molar-refractivity contribution in [3.63, 3.8) is 0 Å². The van der Waals surface area contributed by atoms with E-state index in [1.165, 1.54) is 4.31 Å². The lowest BCUT2D eigenvalue weighted by molar-refractivity contribution is -0.123. The number of hydrogen-bond donors (Lipinski definition) is 0. The van der Waals surface area contributed by atoms with Gasteiger partial charge in [-0.25, -0.2) is 8.42 Å². The molecule has 1 aromatic heterocycles. The molecule has 4 rings (SSSR count). The SMILES string of the molecule is Cc1ccc(C=Cc2onc(C)c2S(=O)(=O)N2CCC(C(=O)N(C)c3cccc(C)c3)CC2)cc1. The molecule has 8 heteroatoms. The topological polar surface area (TPSA) is 83.7 Å². The van der Waals surface area contributed by atoms with Gasteiger partial charge in [-0.05, 0) is 62.9 Å². The zero-order valence-electron chi connectivity index (χ0n) is 20.6. The van der Waals surface area contributed by atoms with Gasteiger partial charge in [-0.3, -0.25) is 4.79 Å². The van der Waals surface area contributed by atoms with E-state index in [1.807, 2.05) is 68.5 Å². The van der Waals surface area contributed by atoms with E-state index >= 15 is 0 Å². The van der Waals surface area contributed by atoms with Crippen molar-refractivity contribution in [3.8, 4) is 0 Å². The summed E-state index contributed by atoms with van der Waals surface area (Å²) in [5.74, 6) is -0.00702. The fourth-order valence-electron chi connectivity index (χ4n) is 4.36. The van der Waals surface area contributed by atoms with Crippen molar-refractivity contribution in [2.75, 3.05) is 25.0 Å². The molecule has 0 spiro atoms. The molecule has 0 radical (unpaired) electrons. The van der Waals surface area contributed by atoms with Gasteiger partial charge >= 0.3 is 0 Å². The molecule has 3 aromatic rings. The third kappa shape index (κ3) is 5.39. The third-order valence-electron chi connectivity index (χ3n) is 6.46. The van der Waals surface area contributed by atoms with Gasteiger partial charge in [0.15, 0.2) is 10.7 Å². The molecule has 0 bridgehead atoms. The van der Waals surface area contributed by atoms with Crippen LogP contribution in [0.2, 0.25) is 0 Å². The third-order valence-corrected chi connectivity index (χ3v) is 8.52. The molecule has 0 unspecified atom stereocenters. The van der Waals surface area contributed by atoms with Crippen molar-refractivity contribution >= 4 is 33.8 Å². The molecular weight excluding hydrogens is 462 g/mol. The highest BCUT2D eigenvalue weighted by atomic mass is 32.2. The maximum Gasteiger partial charge on any atom is 0.248 e. The molecule has 1 fully saturated rings. The van der Waals surface area contributed by atoms with Gasteiger partial charge in [-0.15, -0.1) is 0 Å². The van der Waals surface area contributed by atoms with Crippen LogP contribution in [0.5, 0.6) is 0 Å². The van der Waals surface area contributed by atoms with Crippen LogP contribution in [0.4, 0.5) is 5.69 Å². The lowest BCUT2D eigenvalue weighted by Crippen LogP contribution is -2.43. The Hall–Kier alpha value is -3.23. The van der Waals surface area contributed by atoms with Gasteiger partial charge in [0.25, 0.3) is 0 Å². The number of hydrogen-bond acceptors (Lipinski definition) is 5. The van der Waals surface area contributed by atoms with Gasteiger partial charge in [-0.1, -0.05) is 53.2 Å². The van der Waals surface area contributed by atoms with Crippen LogP contribution in [-0.2, 0) is 14.8 Å². The molecule has 0 N–H and O–H groups in total. The normalized spacial score (nSPS) is 15.5. The van der Waals surface area contributed by atoms with Gasteiger partial charge < -0.3 is 9.42 Å². The smallest absolute Gasteiger partial charge is 0.248 e. The molecule has 0 atom stereocenters. The number of rotatable bonds is 6. The molecule has 1 aliphatic heterocycles. The summed E-state index contributed by atoms with van der Waals surface area (Å²) < 4.78 is 33.8. The predicted octanol–water partition coefficient (Wildman–Crippen LogP) is 4.83. The Morgan fingerprint density at radius 2 is 1.71 bits per heavy atom. The Kier molecular flexibility index (Phi) is 7.23. The van der Waals surface area contributed by atoms with Crippen LogP contribution in [0.25, 0.3) is 12.2 Å². The first-order chi connectivity index (χ1) is 16.7. The minimum absolute atomic E-state index is 0.00975. The van der Waals surface area contributed by atoms with Crippen molar-refractivity contribution in [2.24, 2.45) is 5.92 Å². The summed E-state index contributed by atoms with van der Waals surface area (Å²) in [7, 11) is -2.05. The van der Waals surface area contributed by atoms with E-state index in [0.29, 0.717) is 18.5 Å². The highest BCUT2D eigenvalue weighted by Crippen LogP contribution is 2.30. The first kappa shape index (κ1) is 24.9. The van der Waals surface area contributed by atoms with Crippen molar-refractivity contribution in [1.82, 2.24) is 9.46 Å². The summed E-state index contributed by atoms with van der Waals surface area (Å²) in [4.78, 5) is 14.8. The van der Waals surface area contributed by atoms with Crippen molar-refractivity contribution in [1.29, 1.82) is 0 Å². The van der Waals surface area contributed by atoms with Gasteiger partial charge in [0.2, 0.25) is 15.9 Å². The number of aromatic nitrogens is 1. The van der Waals surface area contributed by atoms with Gasteiger partial charge in [0, 0.05) is 31.7 Å². The molecule has 0 aliphatic carbocycles. The second-order valence-electron chi connectivity index (χ2n) is 9.12. The Labute approximate surface area is 207 Å². The molecule has 7 nitrogen and oxygen atoms in total. The molecular formula is C27H31N3O4S. The lowest BCUT2D eigenvalue weighted by Gasteiger charge is -2.32. The number of amides is 1. The quantitative estimate of drug-likeness (QED) is 0.491. The predicted molar refractivity (Wildman–Crippen MR) is 137 cm³/mol. The largest absolute Gasteiger partial charge is 0.355 e. The Bertz CT molecular complexity index is 1340. The van der Waals surface area contributed by atoms with Gasteiger partial charge in [0.1, 0.15) is 5.69 Å². The number of piperidine rings is 1. The number of carbonyl (C=O) groups excluding carboxylic acids is 1. The zero-order valence-corrected chi connectivity index (χ0v) is 21.4. The molecule has 0 saturated carbocycles. The van der Waals surface area contributed by atoms with E-state index in [1.54, 1.807) is 24.9 Å². The lowest BCUT2D eigenvalue weighted by atomic mass is 9.96. The number of nitrogens with zero attached hydrogens (tertiary/aromatic N) is 3. The molecule has 35 heavy (non-hydrogen) atoms. The number of aryl methyl sites for hydroxylation is 3. The first-order valence-electron chi connectivity index (χ1n) is 11.7. The van der Waals surface area contributed by atoms with E-state index < -0.39 is 10.0 Å². The highest BCUT2D eigenvalue weighted by Gasteiger charge is 2.36. The standard InChI is InChI=1S/C27H31N3O4S/c1-19-8-10-22(11-9-19)12-13-25-26(21(3)28-34-25)35(32,33)30-16-14-23(15-17-30)27(31)29(4)24-7-5-6-20(2)18-24/h5-13,18,23H,14-17H2,1-4H3.